The molecule has 0 unspecified atom stereocenters. The molecule has 4 amide bonds. The number of aryl methyl sites for hydroxylation is 5. The summed E-state index contributed by atoms with van der Waals surface area (Å²) in [5.74, 6) is -6.34. The lowest BCUT2D eigenvalue weighted by Gasteiger charge is -2.19. The number of carboxylic acids is 1. The summed E-state index contributed by atoms with van der Waals surface area (Å²) in [6.45, 7) is 2.91. The first-order chi connectivity index (χ1) is 30.9. The van der Waals surface area contributed by atoms with Crippen LogP contribution in [0.4, 0.5) is 5.82 Å². The fourth-order valence-electron chi connectivity index (χ4n) is 6.74. The van der Waals surface area contributed by atoms with Crippen molar-refractivity contribution in [2.24, 2.45) is 5.73 Å². The molecule has 23 nitrogen and oxygen atoms in total. The predicted molar refractivity (Wildman–Crippen MR) is 238 cm³/mol. The molecule has 26 heteroatoms. The van der Waals surface area contributed by atoms with Crippen LogP contribution in [0, 0.1) is 13.8 Å². The number of carboxylic acid groups (broad SMARTS) is 1. The number of ether oxygens (including phenoxy) is 1. The average molecular weight is 983 g/mol. The molecule has 2 aromatic carbocycles. The lowest BCUT2D eigenvalue weighted by molar-refractivity contribution is -0.138. The third-order valence-electron chi connectivity index (χ3n) is 9.90. The Morgan fingerprint density at radius 3 is 2.12 bits per heavy atom. The number of sulfonamides is 1. The Balaban J connectivity index is 1.20. The van der Waals surface area contributed by atoms with E-state index in [-0.39, 0.29) is 59.9 Å². The Morgan fingerprint density at radius 1 is 0.833 bits per heavy atom. The molecule has 66 heavy (non-hydrogen) atoms. The first-order valence-electron chi connectivity index (χ1n) is 20.5. The summed E-state index contributed by atoms with van der Waals surface area (Å²) >= 11 is 0. The van der Waals surface area contributed by atoms with Gasteiger partial charge in [0.1, 0.15) is 35.4 Å². The Kier molecular flexibility index (Phi) is 18.9. The van der Waals surface area contributed by atoms with Gasteiger partial charge in [0.15, 0.2) is 0 Å². The number of hydrogen-bond donors (Lipinski definition) is 10. The molecule has 0 aliphatic carbocycles. The molecule has 0 saturated heterocycles. The van der Waals surface area contributed by atoms with E-state index in [1.54, 1.807) is 24.3 Å². The van der Waals surface area contributed by atoms with E-state index in [4.69, 9.17) is 24.6 Å². The van der Waals surface area contributed by atoms with Gasteiger partial charge in [-0.25, -0.2) is 13.4 Å². The lowest BCUT2D eigenvalue weighted by Crippen LogP contribution is -2.56. The van der Waals surface area contributed by atoms with Gasteiger partial charge in [0, 0.05) is 43.9 Å². The smallest absolute Gasteiger partial charge is 0.323 e. The number of fused-ring (bicyclic) bond motifs is 1. The van der Waals surface area contributed by atoms with Gasteiger partial charge in [-0.3, -0.25) is 33.1 Å². The second-order valence-corrected chi connectivity index (χ2v) is 20.0. The molecule has 3 aromatic rings. The highest BCUT2D eigenvalue weighted by Crippen LogP contribution is 2.26. The highest BCUT2D eigenvalue weighted by atomic mass is 32.2. The lowest BCUT2D eigenvalue weighted by atomic mass is 10.0. The quantitative estimate of drug-likeness (QED) is 0.0359. The summed E-state index contributed by atoms with van der Waals surface area (Å²) < 4.78 is 97.6. The van der Waals surface area contributed by atoms with Gasteiger partial charge in [-0.2, -0.15) is 21.6 Å². The minimum atomic E-state index is -4.82. The molecule has 0 bridgehead atoms. The minimum absolute atomic E-state index is 0.0121. The maximum absolute atomic E-state index is 13.5. The molecule has 0 spiro atoms. The van der Waals surface area contributed by atoms with Crippen LogP contribution in [0.2, 0.25) is 0 Å². The monoisotopic (exact) mass is 982 g/mol. The zero-order valence-corrected chi connectivity index (χ0v) is 38.5. The number of aromatic nitrogens is 1. The van der Waals surface area contributed by atoms with Crippen molar-refractivity contribution in [1.82, 2.24) is 31.0 Å². The van der Waals surface area contributed by atoms with Crippen LogP contribution in [0.25, 0.3) is 0 Å². The number of carbonyl (C=O) groups is 5. The molecule has 11 N–H and O–H groups in total. The molecule has 3 atom stereocenters. The number of nitrogens with zero attached hydrogens (tertiary/aromatic N) is 1. The number of aliphatic carboxylic acids is 1. The summed E-state index contributed by atoms with van der Waals surface area (Å²) in [6, 6.07) is 8.27. The van der Waals surface area contributed by atoms with E-state index < -0.39 is 96.0 Å². The number of rotatable bonds is 25. The van der Waals surface area contributed by atoms with Gasteiger partial charge in [-0.05, 0) is 98.5 Å². The third kappa shape index (κ3) is 17.2. The first kappa shape index (κ1) is 52.9. The number of anilines is 1. The summed E-state index contributed by atoms with van der Waals surface area (Å²) in [5, 5.41) is 22.3. The van der Waals surface area contributed by atoms with Crippen LogP contribution in [0.3, 0.4) is 0 Å². The van der Waals surface area contributed by atoms with E-state index in [2.05, 4.69) is 32.1 Å². The van der Waals surface area contributed by atoms with E-state index in [1.165, 1.54) is 31.5 Å². The highest BCUT2D eigenvalue weighted by Gasteiger charge is 2.31. The van der Waals surface area contributed by atoms with Crippen LogP contribution in [-0.2, 0) is 68.7 Å². The SMILES string of the molecule is Cc1cc(OCCCC(=O)NCCNC(=O)[C@H](CS(=O)(=O)O)NC(=O)[C@@H](N)CS(=O)(=O)O)cc(C)c1S(=O)(=O)N[C@@H](CNC(=O)c1ccc(CCc2ccc3c(n2)NCCC3)cc1)C(=O)O. The predicted octanol–water partition coefficient (Wildman–Crippen LogP) is -1.02. The number of benzene rings is 2. The van der Waals surface area contributed by atoms with Crippen molar-refractivity contribution in [3.05, 3.63) is 82.0 Å². The summed E-state index contributed by atoms with van der Waals surface area (Å²) in [7, 11) is -13.9. The van der Waals surface area contributed by atoms with Crippen LogP contribution < -0.4 is 41.8 Å². The summed E-state index contributed by atoms with van der Waals surface area (Å²) in [4.78, 5) is 66.6. The normalized spacial score (nSPS) is 14.1. The van der Waals surface area contributed by atoms with Crippen molar-refractivity contribution in [1.29, 1.82) is 0 Å². The summed E-state index contributed by atoms with van der Waals surface area (Å²) in [5.41, 5.74) is 9.19. The van der Waals surface area contributed by atoms with Crippen molar-refractivity contribution in [2.75, 3.05) is 49.6 Å². The van der Waals surface area contributed by atoms with Crippen molar-refractivity contribution >= 4 is 65.7 Å². The fourth-order valence-corrected chi connectivity index (χ4v) is 9.64. The number of nitrogens with one attached hydrogen (secondary N) is 6. The Bertz CT molecular complexity index is 2570. The van der Waals surface area contributed by atoms with Crippen molar-refractivity contribution in [3.8, 4) is 5.75 Å². The van der Waals surface area contributed by atoms with Crippen LogP contribution in [0.5, 0.6) is 5.75 Å². The Morgan fingerprint density at radius 2 is 1.48 bits per heavy atom. The third-order valence-corrected chi connectivity index (χ3v) is 13.2. The molecule has 2 heterocycles. The number of pyridine rings is 1. The zero-order valence-electron chi connectivity index (χ0n) is 36.0. The van der Waals surface area contributed by atoms with Crippen molar-refractivity contribution in [2.45, 2.75) is 75.4 Å². The first-order valence-corrected chi connectivity index (χ1v) is 25.2. The van der Waals surface area contributed by atoms with E-state index in [0.717, 1.165) is 36.5 Å². The van der Waals surface area contributed by atoms with Crippen LogP contribution >= 0.6 is 0 Å². The number of hydrogen-bond acceptors (Lipinski definition) is 15. The number of amides is 4. The maximum Gasteiger partial charge on any atom is 0.323 e. The molecule has 1 aliphatic rings. The fraction of sp³-hybridized carbons (Fsp3) is 0.450. The Labute approximate surface area is 382 Å². The molecule has 4 rings (SSSR count). The highest BCUT2D eigenvalue weighted by molar-refractivity contribution is 7.89. The molecular weight excluding hydrogens is 929 g/mol. The van der Waals surface area contributed by atoms with E-state index in [0.29, 0.717) is 12.8 Å². The van der Waals surface area contributed by atoms with Crippen LogP contribution in [-0.4, -0.2) is 136 Å². The standard InChI is InChI=1S/C40H54N8O15S3/c1-24-19-30(63-18-4-6-34(49)42-16-17-44-39(52)33(23-65(58,59)60)47-38(51)31(41)22-64(55,56)57)20-25(2)35(24)66(61,62)48-32(40(53)54)21-45-37(50)28-10-7-26(8-11-28)9-13-29-14-12-27-5-3-15-43-36(27)46-29/h7-8,10-12,14,19-20,31-33,48H,3-6,9,13,15-18,21-23,41H2,1-2H3,(H,42,49)(H,43,46)(H,44,52)(H,45,50)(H,47,51)(H,53,54)(H,55,56,57)(H,58,59,60)/t31-,32-,33-/m0/s1. The van der Waals surface area contributed by atoms with E-state index in [1.807, 2.05) is 11.4 Å². The minimum Gasteiger partial charge on any atom is -0.494 e. The second kappa shape index (κ2) is 23.6. The van der Waals surface area contributed by atoms with Gasteiger partial charge in [0.25, 0.3) is 26.1 Å². The molecule has 362 valence electrons. The zero-order chi connectivity index (χ0) is 48.8. The summed E-state index contributed by atoms with van der Waals surface area (Å²) in [6.07, 6.45) is 3.58. The maximum atomic E-state index is 13.5. The average Bonchev–Trinajstić information content (AvgIpc) is 3.22. The van der Waals surface area contributed by atoms with Crippen LogP contribution in [0.1, 0.15) is 57.6 Å². The van der Waals surface area contributed by atoms with Crippen molar-refractivity contribution in [3.63, 3.8) is 0 Å². The molecule has 0 radical (unpaired) electrons. The molecule has 0 saturated carbocycles. The molecule has 1 aromatic heterocycles. The Hall–Kier alpha value is -5.77. The van der Waals surface area contributed by atoms with E-state index in [9.17, 15) is 54.3 Å². The second-order valence-electron chi connectivity index (χ2n) is 15.4. The van der Waals surface area contributed by atoms with Gasteiger partial charge >= 0.3 is 5.97 Å². The van der Waals surface area contributed by atoms with Gasteiger partial charge in [-0.1, -0.05) is 18.2 Å². The molecule has 0 fully saturated rings. The van der Waals surface area contributed by atoms with Gasteiger partial charge < -0.3 is 42.2 Å². The van der Waals surface area contributed by atoms with Gasteiger partial charge in [0.2, 0.25) is 27.7 Å². The van der Waals surface area contributed by atoms with Crippen LogP contribution in [0.15, 0.2) is 53.4 Å². The van der Waals surface area contributed by atoms with Gasteiger partial charge in [-0.15, -0.1) is 0 Å². The van der Waals surface area contributed by atoms with E-state index >= 15 is 0 Å². The van der Waals surface area contributed by atoms with Gasteiger partial charge in [0.05, 0.1) is 17.3 Å². The molecule has 1 aliphatic heterocycles. The topological polar surface area (TPSA) is 369 Å². The number of carbonyl (C=O) groups excluding carboxylic acids is 4. The number of nitrogens with two attached hydrogens (primary N) is 1. The molecular formula is C40H54N8O15S3. The largest absolute Gasteiger partial charge is 0.494 e. The van der Waals surface area contributed by atoms with Crippen molar-refractivity contribution < 1.29 is 68.2 Å².